The summed E-state index contributed by atoms with van der Waals surface area (Å²) in [6, 6.07) is 18.5. The summed E-state index contributed by atoms with van der Waals surface area (Å²) in [5, 5.41) is 0. The molecule has 1 aliphatic heterocycles. The van der Waals surface area contributed by atoms with Crippen molar-refractivity contribution in [3.8, 4) is 11.3 Å². The highest BCUT2D eigenvalue weighted by molar-refractivity contribution is 5.93. The van der Waals surface area contributed by atoms with Gasteiger partial charge in [-0.15, -0.1) is 6.58 Å². The molecule has 0 saturated carbocycles. The standard InChI is InChI=1S/C56H61N3/c1-9-12-13-14-16-21-42(7)58(49-30-26-39(4)27-31-49)56-38-57-54(33-41(56)6)47-29-28-46-35-51-40(5)32-48(37-53(51)52(46)36-47)45-24-19-25-50(34-45)59-43(8)22-17-15-18-23-44(20-10-2)55(59)11-3/h9-10,13-22,24-26,28-31,33-34,36-40,42H,1,8,11-12,23,27,32,35H2,2-7H3/b14-13-,18-15-,20-10-,21-16-,22-17-,55-44-. The highest BCUT2D eigenvalue weighted by Crippen LogP contribution is 2.47. The molecule has 0 amide bonds. The maximum atomic E-state index is 5.16. The normalized spacial score (nSPS) is 22.2. The van der Waals surface area contributed by atoms with Crippen molar-refractivity contribution in [1.82, 2.24) is 4.98 Å². The predicted molar refractivity (Wildman–Crippen MR) is 256 cm³/mol. The summed E-state index contributed by atoms with van der Waals surface area (Å²) in [6.45, 7) is 21.9. The monoisotopic (exact) mass is 775 g/mol. The first-order valence-corrected chi connectivity index (χ1v) is 21.6. The van der Waals surface area contributed by atoms with Crippen molar-refractivity contribution < 1.29 is 0 Å². The number of anilines is 2. The number of fused-ring (bicyclic) bond motifs is 2. The Balaban J connectivity index is 1.20. The van der Waals surface area contributed by atoms with E-state index in [0.717, 1.165) is 66.9 Å². The van der Waals surface area contributed by atoms with Gasteiger partial charge in [-0.25, -0.2) is 0 Å². The first kappa shape index (κ1) is 41.2. The zero-order valence-corrected chi connectivity index (χ0v) is 36.1. The number of hydrogen-bond donors (Lipinski definition) is 0. The van der Waals surface area contributed by atoms with Crippen LogP contribution in [0, 0.1) is 18.8 Å². The van der Waals surface area contributed by atoms with Crippen LogP contribution in [0.15, 0.2) is 187 Å². The SMILES string of the molecule is C=CC/C=C\C=C/C(C)N(C1=CCC(C)C=C1)c1cnc(-c2ccc3c(c2)C2=C(C3)C(C)CC(c3cccc(N4C(=C)/C=C\C=C/CC(/C=C\C)=C\4CC)c3)=C2)cc1C. The summed E-state index contributed by atoms with van der Waals surface area (Å²) < 4.78 is 0. The van der Waals surface area contributed by atoms with E-state index in [1.54, 1.807) is 5.57 Å². The van der Waals surface area contributed by atoms with Crippen LogP contribution in [0.5, 0.6) is 0 Å². The van der Waals surface area contributed by atoms with Crippen molar-refractivity contribution >= 4 is 22.5 Å². The molecule has 0 fully saturated rings. The second-order valence-corrected chi connectivity index (χ2v) is 16.5. The first-order chi connectivity index (χ1) is 28.7. The predicted octanol–water partition coefficient (Wildman–Crippen LogP) is 14.9. The van der Waals surface area contributed by atoms with Crippen molar-refractivity contribution in [2.45, 2.75) is 86.1 Å². The number of aromatic nitrogens is 1. The van der Waals surface area contributed by atoms with E-state index in [4.69, 9.17) is 4.98 Å². The van der Waals surface area contributed by atoms with Crippen molar-refractivity contribution in [3.05, 3.63) is 210 Å². The summed E-state index contributed by atoms with van der Waals surface area (Å²) in [6.07, 6.45) is 40.8. The van der Waals surface area contributed by atoms with E-state index in [-0.39, 0.29) is 6.04 Å². The smallest absolute Gasteiger partial charge is 0.0706 e. The molecule has 2 heterocycles. The molecule has 3 unspecified atom stereocenters. The molecule has 59 heavy (non-hydrogen) atoms. The number of rotatable bonds is 12. The molecule has 3 aliphatic carbocycles. The number of pyridine rings is 1. The lowest BCUT2D eigenvalue weighted by Gasteiger charge is -2.33. The van der Waals surface area contributed by atoms with Crippen molar-refractivity contribution in [2.24, 2.45) is 11.8 Å². The van der Waals surface area contributed by atoms with Crippen LogP contribution in [0.25, 0.3) is 22.4 Å². The molecule has 1 aromatic heterocycles. The maximum Gasteiger partial charge on any atom is 0.0706 e. The number of hydrogen-bond acceptors (Lipinski definition) is 3. The van der Waals surface area contributed by atoms with Crippen LogP contribution < -0.4 is 9.80 Å². The zero-order chi connectivity index (χ0) is 41.5. The highest BCUT2D eigenvalue weighted by Gasteiger charge is 2.30. The number of nitrogens with zero attached hydrogens (tertiary/aromatic N) is 3. The Bertz CT molecular complexity index is 2410. The molecule has 2 aromatic carbocycles. The van der Waals surface area contributed by atoms with Gasteiger partial charge in [0.2, 0.25) is 0 Å². The molecule has 3 heteroatoms. The lowest BCUT2D eigenvalue weighted by molar-refractivity contribution is 0.687. The van der Waals surface area contributed by atoms with E-state index in [9.17, 15) is 0 Å². The Morgan fingerprint density at radius 1 is 1.03 bits per heavy atom. The van der Waals surface area contributed by atoms with Crippen molar-refractivity contribution in [3.63, 3.8) is 0 Å². The third-order valence-corrected chi connectivity index (χ3v) is 12.1. The summed E-state index contributed by atoms with van der Waals surface area (Å²) in [5.41, 5.74) is 18.8. The van der Waals surface area contributed by atoms with Gasteiger partial charge in [0, 0.05) is 34.4 Å². The molecule has 4 aliphatic rings. The molecule has 0 N–H and O–H groups in total. The summed E-state index contributed by atoms with van der Waals surface area (Å²) >= 11 is 0. The van der Waals surface area contributed by atoms with Gasteiger partial charge in [-0.2, -0.15) is 0 Å². The van der Waals surface area contributed by atoms with Crippen LogP contribution in [0.4, 0.5) is 11.4 Å². The van der Waals surface area contributed by atoms with Crippen LogP contribution >= 0.6 is 0 Å². The van der Waals surface area contributed by atoms with Gasteiger partial charge in [-0.1, -0.05) is 136 Å². The highest BCUT2D eigenvalue weighted by atomic mass is 15.2. The Morgan fingerprint density at radius 2 is 1.90 bits per heavy atom. The molecular weight excluding hydrogens is 715 g/mol. The molecule has 3 atom stereocenters. The molecule has 0 radical (unpaired) electrons. The van der Waals surface area contributed by atoms with E-state index in [2.05, 4.69) is 204 Å². The van der Waals surface area contributed by atoms with E-state index in [1.807, 2.05) is 6.08 Å². The van der Waals surface area contributed by atoms with Crippen molar-refractivity contribution in [1.29, 1.82) is 0 Å². The Hall–Kier alpha value is -5.93. The van der Waals surface area contributed by atoms with E-state index in [1.165, 1.54) is 50.4 Å². The fourth-order valence-corrected chi connectivity index (χ4v) is 8.99. The quantitative estimate of drug-likeness (QED) is 0.135. The van der Waals surface area contributed by atoms with E-state index < -0.39 is 0 Å². The third kappa shape index (κ3) is 9.05. The molecule has 300 valence electrons. The lowest BCUT2D eigenvalue weighted by atomic mass is 9.82. The molecule has 3 nitrogen and oxygen atoms in total. The zero-order valence-electron chi connectivity index (χ0n) is 36.1. The van der Waals surface area contributed by atoms with Gasteiger partial charge in [-0.05, 0) is 147 Å². The molecule has 7 rings (SSSR count). The number of benzene rings is 2. The van der Waals surface area contributed by atoms with Crippen LogP contribution in [0.2, 0.25) is 0 Å². The minimum Gasteiger partial charge on any atom is -0.334 e. The van der Waals surface area contributed by atoms with Gasteiger partial charge < -0.3 is 9.80 Å². The fraction of sp³-hybridized carbons (Fsp3) is 0.268. The van der Waals surface area contributed by atoms with Gasteiger partial charge >= 0.3 is 0 Å². The van der Waals surface area contributed by atoms with E-state index in [0.29, 0.717) is 11.8 Å². The Morgan fingerprint density at radius 3 is 2.66 bits per heavy atom. The van der Waals surface area contributed by atoms with Crippen LogP contribution in [0.3, 0.4) is 0 Å². The molecular formula is C56H61N3. The van der Waals surface area contributed by atoms with Gasteiger partial charge in [0.15, 0.2) is 0 Å². The minimum absolute atomic E-state index is 0.145. The third-order valence-electron chi connectivity index (χ3n) is 12.1. The van der Waals surface area contributed by atoms with Gasteiger partial charge in [0.25, 0.3) is 0 Å². The maximum absolute atomic E-state index is 5.16. The van der Waals surface area contributed by atoms with Crippen LogP contribution in [-0.4, -0.2) is 11.0 Å². The number of aryl methyl sites for hydroxylation is 1. The topological polar surface area (TPSA) is 19.4 Å². The Kier molecular flexibility index (Phi) is 13.1. The number of allylic oxidation sites excluding steroid dienone is 19. The summed E-state index contributed by atoms with van der Waals surface area (Å²) in [4.78, 5) is 9.95. The van der Waals surface area contributed by atoms with E-state index >= 15 is 0 Å². The second kappa shape index (κ2) is 18.8. The van der Waals surface area contributed by atoms with Crippen molar-refractivity contribution in [2.75, 3.05) is 9.80 Å². The molecule has 0 saturated heterocycles. The average Bonchev–Trinajstić information content (AvgIpc) is 3.64. The molecule has 0 spiro atoms. The van der Waals surface area contributed by atoms with Crippen LogP contribution in [0.1, 0.15) is 89.0 Å². The van der Waals surface area contributed by atoms with Gasteiger partial charge in [0.1, 0.15) is 0 Å². The Labute approximate surface area is 354 Å². The van der Waals surface area contributed by atoms with Gasteiger partial charge in [-0.3, -0.25) is 4.98 Å². The average molecular weight is 776 g/mol. The second-order valence-electron chi connectivity index (χ2n) is 16.5. The lowest BCUT2D eigenvalue weighted by Crippen LogP contribution is -2.31. The van der Waals surface area contributed by atoms with Gasteiger partial charge in [0.05, 0.1) is 17.6 Å². The first-order valence-electron chi connectivity index (χ1n) is 21.6. The minimum atomic E-state index is 0.145. The molecule has 3 aromatic rings. The fourth-order valence-electron chi connectivity index (χ4n) is 8.99. The molecule has 0 bridgehead atoms. The largest absolute Gasteiger partial charge is 0.334 e. The summed E-state index contributed by atoms with van der Waals surface area (Å²) in [5.74, 6) is 1.00. The van der Waals surface area contributed by atoms with Crippen LogP contribution in [-0.2, 0) is 6.42 Å². The summed E-state index contributed by atoms with van der Waals surface area (Å²) in [7, 11) is 0.